The van der Waals surface area contributed by atoms with Crippen LogP contribution in [0.2, 0.25) is 5.22 Å². The molecule has 0 fully saturated rings. The van der Waals surface area contributed by atoms with Gasteiger partial charge in [0.2, 0.25) is 0 Å². The summed E-state index contributed by atoms with van der Waals surface area (Å²) in [6, 6.07) is 6.80. The first kappa shape index (κ1) is 14.1. The molecule has 4 heteroatoms. The minimum absolute atomic E-state index is 0.0698. The Morgan fingerprint density at radius 1 is 1.37 bits per heavy atom. The summed E-state index contributed by atoms with van der Waals surface area (Å²) in [5.74, 6) is -0.206. The first-order valence-corrected chi connectivity index (χ1v) is 6.71. The molecule has 0 aliphatic rings. The van der Waals surface area contributed by atoms with E-state index in [2.05, 4.69) is 5.32 Å². The van der Waals surface area contributed by atoms with Gasteiger partial charge in [0.15, 0.2) is 5.22 Å². The molecule has 2 aromatic rings. The van der Waals surface area contributed by atoms with Crippen LogP contribution in [0.25, 0.3) is 0 Å². The fraction of sp³-hybridized carbons (Fsp3) is 0.333. The molecule has 0 aliphatic carbocycles. The van der Waals surface area contributed by atoms with Crippen molar-refractivity contribution < 1.29 is 8.81 Å². The summed E-state index contributed by atoms with van der Waals surface area (Å²) in [6.07, 6.45) is 2.33. The average molecular weight is 282 g/mol. The van der Waals surface area contributed by atoms with Gasteiger partial charge >= 0.3 is 0 Å². The van der Waals surface area contributed by atoms with Crippen molar-refractivity contribution in [1.29, 1.82) is 0 Å². The second kappa shape index (κ2) is 6.22. The van der Waals surface area contributed by atoms with Crippen molar-refractivity contribution in [3.8, 4) is 0 Å². The number of halogens is 2. The molecular formula is C15H17ClFNO. The van der Waals surface area contributed by atoms with Crippen LogP contribution in [0.4, 0.5) is 4.39 Å². The van der Waals surface area contributed by atoms with Crippen LogP contribution in [-0.2, 0) is 6.42 Å². The first-order chi connectivity index (χ1) is 9.11. The zero-order valence-electron chi connectivity index (χ0n) is 11.0. The Morgan fingerprint density at radius 2 is 2.16 bits per heavy atom. The van der Waals surface area contributed by atoms with E-state index in [0.717, 1.165) is 29.7 Å². The molecule has 102 valence electrons. The topological polar surface area (TPSA) is 25.2 Å². The maximum Gasteiger partial charge on any atom is 0.197 e. The number of likely N-dealkylation sites (N-methyl/N-ethyl adjacent to an activating group) is 1. The van der Waals surface area contributed by atoms with E-state index >= 15 is 0 Å². The summed E-state index contributed by atoms with van der Waals surface area (Å²) in [4.78, 5) is 0. The molecule has 0 radical (unpaired) electrons. The van der Waals surface area contributed by atoms with Crippen molar-refractivity contribution in [2.45, 2.75) is 26.3 Å². The van der Waals surface area contributed by atoms with E-state index in [0.29, 0.717) is 5.22 Å². The molecule has 1 heterocycles. The van der Waals surface area contributed by atoms with Gasteiger partial charge in [-0.2, -0.15) is 0 Å². The second-order valence-electron chi connectivity index (χ2n) is 4.53. The summed E-state index contributed by atoms with van der Waals surface area (Å²) >= 11 is 6.03. The standard InChI is InChI=1S/C15H17ClFNO/c1-3-18-14(13-6-7-19-15(13)16)9-11-4-5-12(17)8-10(11)2/h4-8,14,18H,3,9H2,1-2H3. The molecule has 0 saturated heterocycles. The molecule has 1 aromatic carbocycles. The lowest BCUT2D eigenvalue weighted by molar-refractivity contribution is 0.525. The highest BCUT2D eigenvalue weighted by Gasteiger charge is 2.17. The quantitative estimate of drug-likeness (QED) is 0.885. The highest BCUT2D eigenvalue weighted by molar-refractivity contribution is 6.29. The van der Waals surface area contributed by atoms with Crippen LogP contribution < -0.4 is 5.32 Å². The third kappa shape index (κ3) is 3.37. The lowest BCUT2D eigenvalue weighted by Crippen LogP contribution is -2.23. The number of nitrogens with one attached hydrogen (secondary N) is 1. The number of furan rings is 1. The van der Waals surface area contributed by atoms with Gasteiger partial charge in [-0.3, -0.25) is 0 Å². The van der Waals surface area contributed by atoms with Gasteiger partial charge in [0, 0.05) is 11.6 Å². The second-order valence-corrected chi connectivity index (χ2v) is 4.88. The first-order valence-electron chi connectivity index (χ1n) is 6.33. The van der Waals surface area contributed by atoms with Crippen molar-refractivity contribution in [1.82, 2.24) is 5.32 Å². The van der Waals surface area contributed by atoms with Gasteiger partial charge in [-0.25, -0.2) is 4.39 Å². The molecule has 1 unspecified atom stereocenters. The van der Waals surface area contributed by atoms with Gasteiger partial charge < -0.3 is 9.73 Å². The third-order valence-electron chi connectivity index (χ3n) is 3.20. The van der Waals surface area contributed by atoms with E-state index in [1.165, 1.54) is 6.07 Å². The smallest absolute Gasteiger partial charge is 0.197 e. The normalized spacial score (nSPS) is 12.6. The predicted molar refractivity (Wildman–Crippen MR) is 75.0 cm³/mol. The molecule has 1 atom stereocenters. The molecule has 0 spiro atoms. The molecule has 1 N–H and O–H groups in total. The van der Waals surface area contributed by atoms with Crippen LogP contribution >= 0.6 is 11.6 Å². The van der Waals surface area contributed by atoms with E-state index in [1.807, 2.05) is 26.0 Å². The van der Waals surface area contributed by atoms with Crippen LogP contribution in [-0.4, -0.2) is 6.54 Å². The Morgan fingerprint density at radius 3 is 2.74 bits per heavy atom. The van der Waals surface area contributed by atoms with Crippen LogP contribution in [0.5, 0.6) is 0 Å². The van der Waals surface area contributed by atoms with Crippen molar-refractivity contribution in [3.05, 3.63) is 58.3 Å². The van der Waals surface area contributed by atoms with E-state index in [4.69, 9.17) is 16.0 Å². The van der Waals surface area contributed by atoms with E-state index in [-0.39, 0.29) is 11.9 Å². The minimum Gasteiger partial charge on any atom is -0.453 e. The van der Waals surface area contributed by atoms with Crippen molar-refractivity contribution >= 4 is 11.6 Å². The monoisotopic (exact) mass is 281 g/mol. The van der Waals surface area contributed by atoms with E-state index < -0.39 is 0 Å². The minimum atomic E-state index is -0.206. The van der Waals surface area contributed by atoms with Gasteiger partial charge in [0.1, 0.15) is 5.82 Å². The molecule has 0 saturated carbocycles. The Bertz CT molecular complexity index is 553. The molecule has 1 aromatic heterocycles. The van der Waals surface area contributed by atoms with Gasteiger partial charge in [0.05, 0.1) is 6.26 Å². The summed E-state index contributed by atoms with van der Waals surface area (Å²) in [6.45, 7) is 4.78. The van der Waals surface area contributed by atoms with Crippen molar-refractivity contribution in [2.24, 2.45) is 0 Å². The van der Waals surface area contributed by atoms with Gasteiger partial charge in [-0.15, -0.1) is 0 Å². The van der Waals surface area contributed by atoms with Crippen LogP contribution in [0.15, 0.2) is 34.9 Å². The predicted octanol–water partition coefficient (Wildman–Crippen LogP) is 4.27. The Labute approximate surface area is 117 Å². The molecule has 2 nitrogen and oxygen atoms in total. The van der Waals surface area contributed by atoms with Gasteiger partial charge in [-0.05, 0) is 60.8 Å². The lowest BCUT2D eigenvalue weighted by Gasteiger charge is -2.18. The highest BCUT2D eigenvalue weighted by Crippen LogP contribution is 2.27. The molecule has 0 amide bonds. The van der Waals surface area contributed by atoms with Crippen LogP contribution in [0.1, 0.15) is 29.7 Å². The molecule has 19 heavy (non-hydrogen) atoms. The van der Waals surface area contributed by atoms with Crippen LogP contribution in [0, 0.1) is 12.7 Å². The maximum absolute atomic E-state index is 13.1. The van der Waals surface area contributed by atoms with E-state index in [9.17, 15) is 4.39 Å². The number of benzene rings is 1. The molecule has 2 rings (SSSR count). The van der Waals surface area contributed by atoms with Crippen molar-refractivity contribution in [2.75, 3.05) is 6.54 Å². The number of aryl methyl sites for hydroxylation is 1. The van der Waals surface area contributed by atoms with Gasteiger partial charge in [-0.1, -0.05) is 13.0 Å². The zero-order chi connectivity index (χ0) is 13.8. The van der Waals surface area contributed by atoms with Crippen LogP contribution in [0.3, 0.4) is 0 Å². The summed E-state index contributed by atoms with van der Waals surface area (Å²) in [5.41, 5.74) is 2.99. The van der Waals surface area contributed by atoms with E-state index in [1.54, 1.807) is 12.3 Å². The maximum atomic E-state index is 13.1. The SMILES string of the molecule is CCNC(Cc1ccc(F)cc1C)c1ccoc1Cl. The number of hydrogen-bond acceptors (Lipinski definition) is 2. The summed E-state index contributed by atoms with van der Waals surface area (Å²) in [5, 5.41) is 3.79. The highest BCUT2D eigenvalue weighted by atomic mass is 35.5. The lowest BCUT2D eigenvalue weighted by atomic mass is 9.97. The third-order valence-corrected chi connectivity index (χ3v) is 3.51. The largest absolute Gasteiger partial charge is 0.453 e. The Hall–Kier alpha value is -1.32. The number of hydrogen-bond donors (Lipinski definition) is 1. The molecule has 0 bridgehead atoms. The van der Waals surface area contributed by atoms with Gasteiger partial charge in [0.25, 0.3) is 0 Å². The Kier molecular flexibility index (Phi) is 4.61. The number of rotatable bonds is 5. The Balaban J connectivity index is 2.24. The molecular weight excluding hydrogens is 265 g/mol. The summed E-state index contributed by atoms with van der Waals surface area (Å²) in [7, 11) is 0. The fourth-order valence-corrected chi connectivity index (χ4v) is 2.45. The van der Waals surface area contributed by atoms with Crippen molar-refractivity contribution in [3.63, 3.8) is 0 Å². The fourth-order valence-electron chi connectivity index (χ4n) is 2.20. The zero-order valence-corrected chi connectivity index (χ0v) is 11.8. The summed E-state index contributed by atoms with van der Waals surface area (Å²) < 4.78 is 18.3. The molecule has 0 aliphatic heterocycles. The average Bonchev–Trinajstić information content (AvgIpc) is 2.78.